The zero-order valence-electron chi connectivity index (χ0n) is 11.1. The smallest absolute Gasteiger partial charge is 0.302 e. The second-order valence-electron chi connectivity index (χ2n) is 4.19. The second kappa shape index (κ2) is 7.71. The minimum atomic E-state index is -0.293. The molecule has 1 aromatic rings. The van der Waals surface area contributed by atoms with Gasteiger partial charge in [-0.2, -0.15) is 0 Å². The highest BCUT2D eigenvalue weighted by Crippen LogP contribution is 2.11. The first-order valence-electron chi connectivity index (χ1n) is 6.04. The number of hydrogen-bond acceptors (Lipinski definition) is 4. The first-order chi connectivity index (χ1) is 8.58. The van der Waals surface area contributed by atoms with Crippen molar-refractivity contribution in [3.63, 3.8) is 0 Å². The lowest BCUT2D eigenvalue weighted by atomic mass is 10.3. The molecule has 0 aliphatic heterocycles. The van der Waals surface area contributed by atoms with Crippen LogP contribution in [0.5, 0.6) is 5.75 Å². The number of carbonyl (C=O) groups excluding carboxylic acids is 1. The Labute approximate surface area is 108 Å². The van der Waals surface area contributed by atoms with Crippen LogP contribution in [0.4, 0.5) is 0 Å². The summed E-state index contributed by atoms with van der Waals surface area (Å²) in [5.41, 5.74) is 0. The normalized spacial score (nSPS) is 13.7. The molecular weight excluding hydrogens is 232 g/mol. The third kappa shape index (κ3) is 6.25. The van der Waals surface area contributed by atoms with Gasteiger partial charge in [0.15, 0.2) is 0 Å². The van der Waals surface area contributed by atoms with Crippen LogP contribution in [0.2, 0.25) is 0 Å². The quantitative estimate of drug-likeness (QED) is 0.699. The Kier molecular flexibility index (Phi) is 6.22. The number of esters is 1. The van der Waals surface area contributed by atoms with E-state index in [4.69, 9.17) is 14.2 Å². The Morgan fingerprint density at radius 2 is 1.78 bits per heavy atom. The lowest BCUT2D eigenvalue weighted by molar-refractivity contribution is -0.145. The maximum atomic E-state index is 10.6. The van der Waals surface area contributed by atoms with Gasteiger partial charge in [-0.1, -0.05) is 18.2 Å². The Morgan fingerprint density at radius 3 is 2.39 bits per heavy atom. The number of para-hydroxylation sites is 1. The molecule has 100 valence electrons. The molecule has 4 nitrogen and oxygen atoms in total. The van der Waals surface area contributed by atoms with E-state index in [1.807, 2.05) is 44.2 Å². The van der Waals surface area contributed by atoms with Crippen molar-refractivity contribution in [3.05, 3.63) is 30.3 Å². The van der Waals surface area contributed by atoms with Crippen LogP contribution in [0, 0.1) is 0 Å². The average molecular weight is 252 g/mol. The molecular formula is C14H20O4. The van der Waals surface area contributed by atoms with Gasteiger partial charge in [0.05, 0.1) is 12.7 Å². The molecule has 4 heteroatoms. The monoisotopic (exact) mass is 252 g/mol. The Bertz CT molecular complexity index is 350. The molecule has 0 bridgehead atoms. The summed E-state index contributed by atoms with van der Waals surface area (Å²) in [5, 5.41) is 0. The van der Waals surface area contributed by atoms with Gasteiger partial charge in [-0.15, -0.1) is 0 Å². The van der Waals surface area contributed by atoms with Crippen molar-refractivity contribution in [2.24, 2.45) is 0 Å². The van der Waals surface area contributed by atoms with E-state index < -0.39 is 0 Å². The molecule has 0 aliphatic rings. The highest BCUT2D eigenvalue weighted by molar-refractivity contribution is 5.65. The van der Waals surface area contributed by atoms with Gasteiger partial charge in [0.25, 0.3) is 0 Å². The van der Waals surface area contributed by atoms with Gasteiger partial charge < -0.3 is 14.2 Å². The van der Waals surface area contributed by atoms with E-state index >= 15 is 0 Å². The Morgan fingerprint density at radius 1 is 1.11 bits per heavy atom. The molecule has 0 amide bonds. The summed E-state index contributed by atoms with van der Waals surface area (Å²) in [6.07, 6.45) is -0.178. The van der Waals surface area contributed by atoms with Gasteiger partial charge in [0.1, 0.15) is 18.5 Å². The van der Waals surface area contributed by atoms with Gasteiger partial charge in [-0.25, -0.2) is 0 Å². The lowest BCUT2D eigenvalue weighted by Gasteiger charge is -2.18. The highest BCUT2D eigenvalue weighted by Gasteiger charge is 2.09. The Balaban J connectivity index is 2.20. The standard InChI is InChI=1S/C14H20O4/c1-11(9-17-13(3)15)16-10-12(2)18-14-7-5-4-6-8-14/h4-8,11-12H,9-10H2,1-3H3. The van der Waals surface area contributed by atoms with Crippen molar-refractivity contribution in [2.75, 3.05) is 13.2 Å². The SMILES string of the molecule is CC(=O)OCC(C)OCC(C)Oc1ccccc1. The largest absolute Gasteiger partial charge is 0.488 e. The predicted octanol–water partition coefficient (Wildman–Crippen LogP) is 2.42. The summed E-state index contributed by atoms with van der Waals surface area (Å²) in [4.78, 5) is 10.6. The van der Waals surface area contributed by atoms with E-state index in [1.54, 1.807) is 0 Å². The van der Waals surface area contributed by atoms with Gasteiger partial charge in [0.2, 0.25) is 0 Å². The van der Waals surface area contributed by atoms with E-state index in [0.29, 0.717) is 6.61 Å². The van der Waals surface area contributed by atoms with Crippen LogP contribution in [0.15, 0.2) is 30.3 Å². The van der Waals surface area contributed by atoms with E-state index in [1.165, 1.54) is 6.92 Å². The third-order valence-corrected chi connectivity index (χ3v) is 2.22. The van der Waals surface area contributed by atoms with E-state index in [2.05, 4.69) is 0 Å². The lowest BCUT2D eigenvalue weighted by Crippen LogP contribution is -2.25. The molecule has 0 heterocycles. The van der Waals surface area contributed by atoms with Crippen LogP contribution in [0.1, 0.15) is 20.8 Å². The summed E-state index contributed by atoms with van der Waals surface area (Å²) in [7, 11) is 0. The van der Waals surface area contributed by atoms with Crippen LogP contribution >= 0.6 is 0 Å². The van der Waals surface area contributed by atoms with Crippen molar-refractivity contribution in [2.45, 2.75) is 33.0 Å². The van der Waals surface area contributed by atoms with Gasteiger partial charge in [-0.3, -0.25) is 4.79 Å². The first kappa shape index (κ1) is 14.5. The fraction of sp³-hybridized carbons (Fsp3) is 0.500. The molecule has 0 saturated carbocycles. The predicted molar refractivity (Wildman–Crippen MR) is 68.6 cm³/mol. The van der Waals surface area contributed by atoms with E-state index in [0.717, 1.165) is 5.75 Å². The summed E-state index contributed by atoms with van der Waals surface area (Å²) < 4.78 is 16.0. The Hall–Kier alpha value is -1.55. The average Bonchev–Trinajstić information content (AvgIpc) is 2.35. The third-order valence-electron chi connectivity index (χ3n) is 2.22. The molecule has 0 aliphatic carbocycles. The van der Waals surface area contributed by atoms with Crippen LogP contribution in [-0.2, 0) is 14.3 Å². The number of ether oxygens (including phenoxy) is 3. The van der Waals surface area contributed by atoms with Crippen molar-refractivity contribution in [1.29, 1.82) is 0 Å². The maximum absolute atomic E-state index is 10.6. The molecule has 0 N–H and O–H groups in total. The number of rotatable bonds is 7. The number of carbonyl (C=O) groups is 1. The van der Waals surface area contributed by atoms with Gasteiger partial charge >= 0.3 is 5.97 Å². The molecule has 2 unspecified atom stereocenters. The van der Waals surface area contributed by atoms with Gasteiger partial charge in [0, 0.05) is 6.92 Å². The highest BCUT2D eigenvalue weighted by atomic mass is 16.6. The van der Waals surface area contributed by atoms with Crippen LogP contribution < -0.4 is 4.74 Å². The molecule has 0 spiro atoms. The summed E-state index contributed by atoms with van der Waals surface area (Å²) in [5.74, 6) is 0.528. The van der Waals surface area contributed by atoms with Crippen molar-refractivity contribution in [1.82, 2.24) is 0 Å². The van der Waals surface area contributed by atoms with Crippen molar-refractivity contribution in [3.8, 4) is 5.75 Å². The molecule has 1 aromatic carbocycles. The van der Waals surface area contributed by atoms with Crippen LogP contribution in [0.25, 0.3) is 0 Å². The van der Waals surface area contributed by atoms with E-state index in [-0.39, 0.29) is 24.8 Å². The fourth-order valence-electron chi connectivity index (χ4n) is 1.35. The molecule has 1 rings (SSSR count). The number of benzene rings is 1. The summed E-state index contributed by atoms with van der Waals surface area (Å²) in [6.45, 7) is 5.91. The van der Waals surface area contributed by atoms with Crippen molar-refractivity contribution < 1.29 is 19.0 Å². The fourth-order valence-corrected chi connectivity index (χ4v) is 1.35. The zero-order valence-corrected chi connectivity index (χ0v) is 11.1. The van der Waals surface area contributed by atoms with Crippen LogP contribution in [-0.4, -0.2) is 31.4 Å². The van der Waals surface area contributed by atoms with Gasteiger partial charge in [-0.05, 0) is 26.0 Å². The minimum absolute atomic E-state index is 0.0489. The topological polar surface area (TPSA) is 44.8 Å². The molecule has 0 aromatic heterocycles. The molecule has 0 radical (unpaired) electrons. The van der Waals surface area contributed by atoms with Crippen LogP contribution in [0.3, 0.4) is 0 Å². The second-order valence-corrected chi connectivity index (χ2v) is 4.19. The van der Waals surface area contributed by atoms with E-state index in [9.17, 15) is 4.79 Å². The molecule has 2 atom stereocenters. The molecule has 0 saturated heterocycles. The minimum Gasteiger partial charge on any atom is -0.488 e. The summed E-state index contributed by atoms with van der Waals surface area (Å²) in [6, 6.07) is 9.59. The maximum Gasteiger partial charge on any atom is 0.302 e. The first-order valence-corrected chi connectivity index (χ1v) is 6.04. The zero-order chi connectivity index (χ0) is 13.4. The van der Waals surface area contributed by atoms with Crippen molar-refractivity contribution >= 4 is 5.97 Å². The number of hydrogen-bond donors (Lipinski definition) is 0. The molecule has 0 fully saturated rings. The summed E-state index contributed by atoms with van der Waals surface area (Å²) >= 11 is 0. The molecule has 18 heavy (non-hydrogen) atoms.